The Hall–Kier alpha value is -2.70. The summed E-state index contributed by atoms with van der Waals surface area (Å²) in [7, 11) is 2.94. The average Bonchev–Trinajstić information content (AvgIpc) is 2.79. The van der Waals surface area contributed by atoms with Crippen LogP contribution in [-0.2, 0) is 0 Å². The number of benzene rings is 1. The molecule has 0 fully saturated rings. The van der Waals surface area contributed by atoms with Crippen molar-refractivity contribution < 1.29 is 19.4 Å². The molecule has 7 heteroatoms. The Bertz CT molecular complexity index is 671. The number of rotatable bonds is 4. The van der Waals surface area contributed by atoms with Gasteiger partial charge in [0.1, 0.15) is 11.5 Å². The summed E-state index contributed by atoms with van der Waals surface area (Å²) in [5, 5.41) is 13.9. The fraction of sp³-hybridized carbons (Fsp3) is 0.167. The third-order valence-corrected chi connectivity index (χ3v) is 2.67. The predicted octanol–water partition coefficient (Wildman–Crippen LogP) is 1.09. The molecule has 0 radical (unpaired) electrons. The smallest absolute Gasteiger partial charge is 0.343 e. The minimum atomic E-state index is -1.32. The molecule has 3 N–H and O–H groups in total. The van der Waals surface area contributed by atoms with E-state index < -0.39 is 11.5 Å². The standard InChI is InChI=1S/C12H12N2O5/c1-18-6-3-4-8(19-2)7(5-6)10-9(12(16)17)11(15)14-13-10/h3-5H,1-2H3,(H,16,17)(H2,13,14,15). The van der Waals surface area contributed by atoms with Crippen LogP contribution in [0.25, 0.3) is 11.3 Å². The van der Waals surface area contributed by atoms with Crippen LogP contribution in [-0.4, -0.2) is 35.5 Å². The number of hydrogen-bond acceptors (Lipinski definition) is 4. The van der Waals surface area contributed by atoms with Gasteiger partial charge in [-0.1, -0.05) is 0 Å². The summed E-state index contributed by atoms with van der Waals surface area (Å²) in [5.74, 6) is -0.366. The molecule has 0 amide bonds. The van der Waals surface area contributed by atoms with Gasteiger partial charge < -0.3 is 14.6 Å². The molecule has 0 saturated carbocycles. The van der Waals surface area contributed by atoms with E-state index in [0.29, 0.717) is 17.1 Å². The Labute approximate surface area is 107 Å². The Kier molecular flexibility index (Phi) is 3.28. The third-order valence-electron chi connectivity index (χ3n) is 2.67. The zero-order chi connectivity index (χ0) is 14.0. The first-order valence-electron chi connectivity index (χ1n) is 5.34. The third kappa shape index (κ3) is 2.17. The molecular weight excluding hydrogens is 252 g/mol. The maximum absolute atomic E-state index is 11.5. The van der Waals surface area contributed by atoms with Gasteiger partial charge in [0.15, 0.2) is 5.56 Å². The van der Waals surface area contributed by atoms with E-state index in [9.17, 15) is 9.59 Å². The minimum absolute atomic E-state index is 0.147. The summed E-state index contributed by atoms with van der Waals surface area (Å²) in [6, 6.07) is 4.89. The molecule has 0 aliphatic rings. The number of carboxylic acid groups (broad SMARTS) is 1. The molecule has 1 heterocycles. The van der Waals surface area contributed by atoms with E-state index in [1.54, 1.807) is 18.2 Å². The van der Waals surface area contributed by atoms with Gasteiger partial charge in [-0.05, 0) is 18.2 Å². The molecule has 1 aromatic carbocycles. The second kappa shape index (κ2) is 4.89. The number of aromatic amines is 2. The van der Waals surface area contributed by atoms with Crippen LogP contribution < -0.4 is 15.0 Å². The van der Waals surface area contributed by atoms with E-state index in [2.05, 4.69) is 10.2 Å². The van der Waals surface area contributed by atoms with Crippen molar-refractivity contribution in [1.82, 2.24) is 10.2 Å². The van der Waals surface area contributed by atoms with E-state index in [1.807, 2.05) is 0 Å². The minimum Gasteiger partial charge on any atom is -0.497 e. The van der Waals surface area contributed by atoms with E-state index in [4.69, 9.17) is 14.6 Å². The number of nitrogens with one attached hydrogen (secondary N) is 2. The molecule has 7 nitrogen and oxygen atoms in total. The highest BCUT2D eigenvalue weighted by atomic mass is 16.5. The van der Waals surface area contributed by atoms with Crippen LogP contribution in [0.1, 0.15) is 10.4 Å². The highest BCUT2D eigenvalue weighted by molar-refractivity contribution is 5.95. The molecule has 0 aliphatic heterocycles. The van der Waals surface area contributed by atoms with Crippen molar-refractivity contribution >= 4 is 5.97 Å². The lowest BCUT2D eigenvalue weighted by Crippen LogP contribution is -2.12. The van der Waals surface area contributed by atoms with Gasteiger partial charge in [-0.2, -0.15) is 0 Å². The van der Waals surface area contributed by atoms with Crippen LogP contribution in [0, 0.1) is 0 Å². The van der Waals surface area contributed by atoms with Crippen molar-refractivity contribution in [2.75, 3.05) is 14.2 Å². The first-order chi connectivity index (χ1) is 9.08. The van der Waals surface area contributed by atoms with E-state index >= 15 is 0 Å². The van der Waals surface area contributed by atoms with Crippen molar-refractivity contribution in [3.63, 3.8) is 0 Å². The maximum Gasteiger partial charge on any atom is 0.343 e. The predicted molar refractivity (Wildman–Crippen MR) is 66.9 cm³/mol. The summed E-state index contributed by atoms with van der Waals surface area (Å²) in [6.07, 6.45) is 0. The van der Waals surface area contributed by atoms with Crippen LogP contribution in [0.2, 0.25) is 0 Å². The van der Waals surface area contributed by atoms with Crippen LogP contribution >= 0.6 is 0 Å². The second-order valence-corrected chi connectivity index (χ2v) is 3.70. The van der Waals surface area contributed by atoms with Crippen molar-refractivity contribution in [3.8, 4) is 22.8 Å². The lowest BCUT2D eigenvalue weighted by Gasteiger charge is -2.09. The van der Waals surface area contributed by atoms with Crippen molar-refractivity contribution in [2.24, 2.45) is 0 Å². The normalized spacial score (nSPS) is 10.2. The summed E-state index contributed by atoms with van der Waals surface area (Å²) in [6.45, 7) is 0. The van der Waals surface area contributed by atoms with Crippen LogP contribution in [0.4, 0.5) is 0 Å². The quantitative estimate of drug-likeness (QED) is 0.766. The molecule has 0 bridgehead atoms. The fourth-order valence-electron chi connectivity index (χ4n) is 1.77. The summed E-state index contributed by atoms with van der Waals surface area (Å²) in [5.41, 5.74) is -0.496. The fourth-order valence-corrected chi connectivity index (χ4v) is 1.77. The zero-order valence-corrected chi connectivity index (χ0v) is 10.3. The van der Waals surface area contributed by atoms with Crippen molar-refractivity contribution in [1.29, 1.82) is 0 Å². The molecule has 2 aromatic rings. The van der Waals surface area contributed by atoms with Gasteiger partial charge in [-0.25, -0.2) is 4.79 Å². The number of aromatic carboxylic acids is 1. The summed E-state index contributed by atoms with van der Waals surface area (Å²) in [4.78, 5) is 22.6. The van der Waals surface area contributed by atoms with Gasteiger partial charge in [-0.3, -0.25) is 15.0 Å². The number of H-pyrrole nitrogens is 2. The molecular formula is C12H12N2O5. The maximum atomic E-state index is 11.5. The first-order valence-corrected chi connectivity index (χ1v) is 5.34. The largest absolute Gasteiger partial charge is 0.497 e. The molecule has 0 unspecified atom stereocenters. The molecule has 0 spiro atoms. The lowest BCUT2D eigenvalue weighted by molar-refractivity contribution is 0.0696. The SMILES string of the molecule is COc1ccc(OC)c(-c2[nH][nH]c(=O)c2C(=O)O)c1. The Morgan fingerprint density at radius 3 is 2.53 bits per heavy atom. The van der Waals surface area contributed by atoms with Gasteiger partial charge in [-0.15, -0.1) is 0 Å². The first kappa shape index (κ1) is 12.7. The lowest BCUT2D eigenvalue weighted by atomic mass is 10.1. The average molecular weight is 264 g/mol. The molecule has 100 valence electrons. The number of aromatic nitrogens is 2. The number of ether oxygens (including phenoxy) is 2. The van der Waals surface area contributed by atoms with Gasteiger partial charge >= 0.3 is 5.97 Å². The van der Waals surface area contributed by atoms with E-state index in [-0.39, 0.29) is 11.3 Å². The number of carbonyl (C=O) groups is 1. The van der Waals surface area contributed by atoms with E-state index in [1.165, 1.54) is 14.2 Å². The molecule has 0 aliphatic carbocycles. The van der Waals surface area contributed by atoms with Crippen LogP contribution in [0.5, 0.6) is 11.5 Å². The van der Waals surface area contributed by atoms with Gasteiger partial charge in [0.25, 0.3) is 5.56 Å². The van der Waals surface area contributed by atoms with Gasteiger partial charge in [0, 0.05) is 5.56 Å². The monoisotopic (exact) mass is 264 g/mol. The van der Waals surface area contributed by atoms with Crippen molar-refractivity contribution in [2.45, 2.75) is 0 Å². The molecule has 19 heavy (non-hydrogen) atoms. The van der Waals surface area contributed by atoms with Gasteiger partial charge in [0.05, 0.1) is 19.9 Å². The zero-order valence-electron chi connectivity index (χ0n) is 10.3. The van der Waals surface area contributed by atoms with Crippen molar-refractivity contribution in [3.05, 3.63) is 34.1 Å². The number of hydrogen-bond donors (Lipinski definition) is 3. The number of carboxylic acids is 1. The highest BCUT2D eigenvalue weighted by Crippen LogP contribution is 2.33. The molecule has 0 saturated heterocycles. The van der Waals surface area contributed by atoms with E-state index in [0.717, 1.165) is 0 Å². The topological polar surface area (TPSA) is 104 Å². The number of methoxy groups -OCH3 is 2. The molecule has 2 rings (SSSR count). The highest BCUT2D eigenvalue weighted by Gasteiger charge is 2.21. The van der Waals surface area contributed by atoms with Crippen LogP contribution in [0.15, 0.2) is 23.0 Å². The van der Waals surface area contributed by atoms with Gasteiger partial charge in [0.2, 0.25) is 0 Å². The van der Waals surface area contributed by atoms with Crippen LogP contribution in [0.3, 0.4) is 0 Å². The Morgan fingerprint density at radius 2 is 1.95 bits per heavy atom. The second-order valence-electron chi connectivity index (χ2n) is 3.70. The Morgan fingerprint density at radius 1 is 1.21 bits per heavy atom. The Balaban J connectivity index is 2.70. The summed E-state index contributed by atoms with van der Waals surface area (Å²) >= 11 is 0. The summed E-state index contributed by atoms with van der Waals surface area (Å²) < 4.78 is 10.2. The molecule has 1 aromatic heterocycles. The molecule has 0 atom stereocenters.